The largest absolute Gasteiger partial charge is 0.462 e. The molecule has 16 heavy (non-hydrogen) atoms. The molecular formula is C13H16O3. The summed E-state index contributed by atoms with van der Waals surface area (Å²) in [6.45, 7) is 5.67. The Hall–Kier alpha value is -1.64. The van der Waals surface area contributed by atoms with Crippen molar-refractivity contribution >= 4 is 11.8 Å². The third-order valence-corrected chi connectivity index (χ3v) is 2.21. The van der Waals surface area contributed by atoms with E-state index < -0.39 is 5.97 Å². The van der Waals surface area contributed by atoms with Gasteiger partial charge >= 0.3 is 5.97 Å². The Kier molecular flexibility index (Phi) is 4.23. The van der Waals surface area contributed by atoms with Crippen LogP contribution in [0.5, 0.6) is 0 Å². The Labute approximate surface area is 95.4 Å². The topological polar surface area (TPSA) is 43.4 Å². The Balaban J connectivity index is 3.10. The lowest BCUT2D eigenvalue weighted by atomic mass is 9.96. The van der Waals surface area contributed by atoms with Gasteiger partial charge in [0.1, 0.15) is 0 Å². The summed E-state index contributed by atoms with van der Waals surface area (Å²) < 4.78 is 4.91. The number of hydrogen-bond donors (Lipinski definition) is 0. The Morgan fingerprint density at radius 1 is 1.19 bits per heavy atom. The van der Waals surface area contributed by atoms with Gasteiger partial charge in [0.25, 0.3) is 0 Å². The molecule has 0 heterocycles. The molecule has 0 atom stereocenters. The van der Waals surface area contributed by atoms with Crippen molar-refractivity contribution in [3.8, 4) is 0 Å². The van der Waals surface area contributed by atoms with E-state index in [9.17, 15) is 9.59 Å². The molecule has 1 rings (SSSR count). The van der Waals surface area contributed by atoms with Crippen molar-refractivity contribution in [1.29, 1.82) is 0 Å². The number of ether oxygens (including phenoxy) is 1. The monoisotopic (exact) mass is 220 g/mol. The quantitative estimate of drug-likeness (QED) is 0.578. The zero-order valence-corrected chi connectivity index (χ0v) is 9.82. The van der Waals surface area contributed by atoms with E-state index in [-0.39, 0.29) is 11.7 Å². The summed E-state index contributed by atoms with van der Waals surface area (Å²) in [5, 5.41) is 0. The number of carbonyl (C=O) groups excluding carboxylic acids is 2. The highest BCUT2D eigenvalue weighted by molar-refractivity contribution is 6.07. The van der Waals surface area contributed by atoms with Crippen LogP contribution in [0.1, 0.15) is 41.5 Å². The average Bonchev–Trinajstić information content (AvgIpc) is 2.28. The van der Waals surface area contributed by atoms with E-state index in [1.165, 1.54) is 0 Å². The molecule has 1 aromatic carbocycles. The van der Waals surface area contributed by atoms with Crippen molar-refractivity contribution in [3.63, 3.8) is 0 Å². The molecule has 3 nitrogen and oxygen atoms in total. The van der Waals surface area contributed by atoms with Crippen molar-refractivity contribution in [2.45, 2.75) is 20.8 Å². The molecule has 0 fully saturated rings. The first-order valence-electron chi connectivity index (χ1n) is 5.38. The van der Waals surface area contributed by atoms with Gasteiger partial charge in [0.05, 0.1) is 12.2 Å². The van der Waals surface area contributed by atoms with Crippen LogP contribution in [0, 0.1) is 5.92 Å². The average molecular weight is 220 g/mol. The lowest BCUT2D eigenvalue weighted by molar-refractivity contribution is 0.0522. The minimum atomic E-state index is -0.438. The summed E-state index contributed by atoms with van der Waals surface area (Å²) in [6, 6.07) is 6.75. The van der Waals surface area contributed by atoms with E-state index in [2.05, 4.69) is 0 Å². The van der Waals surface area contributed by atoms with Gasteiger partial charge in [-0.25, -0.2) is 4.79 Å². The molecule has 3 heteroatoms. The molecule has 86 valence electrons. The van der Waals surface area contributed by atoms with Crippen LogP contribution in [0.2, 0.25) is 0 Å². The summed E-state index contributed by atoms with van der Waals surface area (Å²) >= 11 is 0. The Morgan fingerprint density at radius 2 is 1.75 bits per heavy atom. The van der Waals surface area contributed by atoms with Crippen molar-refractivity contribution in [2.24, 2.45) is 5.92 Å². The second-order valence-corrected chi connectivity index (χ2v) is 3.79. The number of esters is 1. The van der Waals surface area contributed by atoms with Crippen LogP contribution in [0.15, 0.2) is 24.3 Å². The minimum Gasteiger partial charge on any atom is -0.462 e. The maximum Gasteiger partial charge on any atom is 0.338 e. The maximum atomic E-state index is 11.9. The first kappa shape index (κ1) is 12.4. The highest BCUT2D eigenvalue weighted by Gasteiger charge is 2.19. The predicted molar refractivity (Wildman–Crippen MR) is 61.6 cm³/mol. The smallest absolute Gasteiger partial charge is 0.338 e. The van der Waals surface area contributed by atoms with Gasteiger partial charge in [-0.2, -0.15) is 0 Å². The zero-order chi connectivity index (χ0) is 12.1. The minimum absolute atomic E-state index is 0.0383. The Bertz CT molecular complexity index is 394. The Morgan fingerprint density at radius 3 is 2.25 bits per heavy atom. The number of carbonyl (C=O) groups is 2. The van der Waals surface area contributed by atoms with Crippen LogP contribution in [0.4, 0.5) is 0 Å². The molecule has 0 radical (unpaired) electrons. The normalized spacial score (nSPS) is 10.2. The van der Waals surface area contributed by atoms with Crippen molar-refractivity contribution in [2.75, 3.05) is 6.61 Å². The standard InChI is InChI=1S/C13H16O3/c1-4-16-13(15)11-8-6-5-7-10(11)12(14)9(2)3/h5-9H,4H2,1-3H3. The molecule has 0 N–H and O–H groups in total. The number of rotatable bonds is 4. The van der Waals surface area contributed by atoms with Gasteiger partial charge in [-0.05, 0) is 13.0 Å². The molecule has 0 unspecified atom stereocenters. The lowest BCUT2D eigenvalue weighted by Gasteiger charge is -2.09. The lowest BCUT2D eigenvalue weighted by Crippen LogP contribution is -2.15. The molecule has 0 saturated carbocycles. The summed E-state index contributed by atoms with van der Waals surface area (Å²) in [4.78, 5) is 23.5. The number of hydrogen-bond acceptors (Lipinski definition) is 3. The van der Waals surface area contributed by atoms with Gasteiger partial charge < -0.3 is 4.74 Å². The fourth-order valence-electron chi connectivity index (χ4n) is 1.40. The molecule has 0 aliphatic carbocycles. The highest BCUT2D eigenvalue weighted by atomic mass is 16.5. The second kappa shape index (κ2) is 5.45. The third kappa shape index (κ3) is 2.69. The third-order valence-electron chi connectivity index (χ3n) is 2.21. The van der Waals surface area contributed by atoms with Gasteiger partial charge in [-0.3, -0.25) is 4.79 Å². The van der Waals surface area contributed by atoms with Crippen molar-refractivity contribution in [3.05, 3.63) is 35.4 Å². The van der Waals surface area contributed by atoms with Crippen molar-refractivity contribution < 1.29 is 14.3 Å². The van der Waals surface area contributed by atoms with Crippen LogP contribution >= 0.6 is 0 Å². The first-order chi connectivity index (χ1) is 7.57. The first-order valence-corrected chi connectivity index (χ1v) is 5.38. The van der Waals surface area contributed by atoms with E-state index in [0.717, 1.165) is 0 Å². The maximum absolute atomic E-state index is 11.9. The van der Waals surface area contributed by atoms with Crippen LogP contribution in [-0.2, 0) is 4.74 Å². The molecule has 0 spiro atoms. The van der Waals surface area contributed by atoms with Gasteiger partial charge in [-0.1, -0.05) is 32.0 Å². The van der Waals surface area contributed by atoms with Gasteiger partial charge in [-0.15, -0.1) is 0 Å². The fourth-order valence-corrected chi connectivity index (χ4v) is 1.40. The molecule has 0 amide bonds. The molecule has 0 bridgehead atoms. The molecule has 0 aliphatic rings. The van der Waals surface area contributed by atoms with Crippen molar-refractivity contribution in [1.82, 2.24) is 0 Å². The summed E-state index contributed by atoms with van der Waals surface area (Å²) in [6.07, 6.45) is 0. The molecule has 0 aromatic heterocycles. The van der Waals surface area contributed by atoms with Gasteiger partial charge in [0.2, 0.25) is 0 Å². The van der Waals surface area contributed by atoms with E-state index >= 15 is 0 Å². The summed E-state index contributed by atoms with van der Waals surface area (Å²) in [5.74, 6) is -0.605. The van der Waals surface area contributed by atoms with Gasteiger partial charge in [0, 0.05) is 11.5 Å². The predicted octanol–water partition coefficient (Wildman–Crippen LogP) is 2.70. The molecule has 0 aliphatic heterocycles. The zero-order valence-electron chi connectivity index (χ0n) is 9.82. The SMILES string of the molecule is CCOC(=O)c1ccccc1C(=O)C(C)C. The van der Waals surface area contributed by atoms with E-state index in [0.29, 0.717) is 17.7 Å². The van der Waals surface area contributed by atoms with Crippen LogP contribution < -0.4 is 0 Å². The van der Waals surface area contributed by atoms with Gasteiger partial charge in [0.15, 0.2) is 5.78 Å². The summed E-state index contributed by atoms with van der Waals surface area (Å²) in [7, 11) is 0. The number of benzene rings is 1. The second-order valence-electron chi connectivity index (χ2n) is 3.79. The van der Waals surface area contributed by atoms with Crippen LogP contribution in [-0.4, -0.2) is 18.4 Å². The summed E-state index contributed by atoms with van der Waals surface area (Å²) in [5.41, 5.74) is 0.791. The number of ketones is 1. The van der Waals surface area contributed by atoms with Crippen LogP contribution in [0.25, 0.3) is 0 Å². The van der Waals surface area contributed by atoms with E-state index in [1.54, 1.807) is 31.2 Å². The van der Waals surface area contributed by atoms with E-state index in [1.807, 2.05) is 13.8 Å². The molecular weight excluding hydrogens is 204 g/mol. The van der Waals surface area contributed by atoms with E-state index in [4.69, 9.17) is 4.74 Å². The molecule has 1 aromatic rings. The molecule has 0 saturated heterocycles. The van der Waals surface area contributed by atoms with Crippen LogP contribution in [0.3, 0.4) is 0 Å². The fraction of sp³-hybridized carbons (Fsp3) is 0.385. The highest BCUT2D eigenvalue weighted by Crippen LogP contribution is 2.15. The number of Topliss-reactive ketones (excluding diaryl/α,β-unsaturated/α-hetero) is 1.